The summed E-state index contributed by atoms with van der Waals surface area (Å²) in [5, 5.41) is 10.7. The minimum Gasteiger partial charge on any atom is -0.374 e. The normalized spacial score (nSPS) is 12.8. The average Bonchev–Trinajstić information content (AvgIpc) is 2.60. The number of thioether (sulfide) groups is 1. The molecule has 16 heavy (non-hydrogen) atoms. The fraction of sp³-hybridized carbons (Fsp3) is 0.667. The van der Waals surface area contributed by atoms with Crippen LogP contribution in [0.25, 0.3) is 0 Å². The topological polar surface area (TPSA) is 80.9 Å². The SMILES string of the molecule is CC(C)CNC(=O)[C@@H](C)Sc1nnc(N)s1. The molecule has 0 fully saturated rings. The number of anilines is 1. The van der Waals surface area contributed by atoms with Gasteiger partial charge in [0.1, 0.15) is 0 Å². The van der Waals surface area contributed by atoms with Crippen LogP contribution in [0, 0.1) is 5.92 Å². The molecule has 3 N–H and O–H groups in total. The number of aromatic nitrogens is 2. The lowest BCUT2D eigenvalue weighted by molar-refractivity contribution is -0.120. The monoisotopic (exact) mass is 260 g/mol. The molecule has 1 heterocycles. The number of hydrogen-bond donors (Lipinski definition) is 2. The number of nitrogen functional groups attached to an aromatic ring is 1. The molecule has 7 heteroatoms. The standard InChI is InChI=1S/C9H16N4OS2/c1-5(2)4-11-7(14)6(3)15-9-13-12-8(10)16-9/h5-6H,4H2,1-3H3,(H2,10,12)(H,11,14)/t6-/m1/s1. The van der Waals surface area contributed by atoms with Gasteiger partial charge in [-0.1, -0.05) is 36.9 Å². The molecule has 0 bridgehead atoms. The number of rotatable bonds is 5. The van der Waals surface area contributed by atoms with E-state index in [9.17, 15) is 4.79 Å². The van der Waals surface area contributed by atoms with E-state index in [1.807, 2.05) is 6.92 Å². The molecular weight excluding hydrogens is 244 g/mol. The maximum Gasteiger partial charge on any atom is 0.233 e. The summed E-state index contributed by atoms with van der Waals surface area (Å²) in [5.74, 6) is 0.478. The largest absolute Gasteiger partial charge is 0.374 e. The van der Waals surface area contributed by atoms with Crippen molar-refractivity contribution in [2.24, 2.45) is 5.92 Å². The van der Waals surface area contributed by atoms with Gasteiger partial charge >= 0.3 is 0 Å². The molecule has 1 rings (SSSR count). The molecule has 1 aromatic rings. The fourth-order valence-corrected chi connectivity index (χ4v) is 2.73. The van der Waals surface area contributed by atoms with E-state index in [4.69, 9.17) is 5.73 Å². The van der Waals surface area contributed by atoms with Crippen molar-refractivity contribution in [3.05, 3.63) is 0 Å². The summed E-state index contributed by atoms with van der Waals surface area (Å²) < 4.78 is 0.727. The van der Waals surface area contributed by atoms with E-state index in [1.54, 1.807) is 0 Å². The number of carbonyl (C=O) groups excluding carboxylic acids is 1. The van der Waals surface area contributed by atoms with E-state index < -0.39 is 0 Å². The van der Waals surface area contributed by atoms with Gasteiger partial charge in [-0.05, 0) is 12.8 Å². The van der Waals surface area contributed by atoms with E-state index in [0.717, 1.165) is 4.34 Å². The van der Waals surface area contributed by atoms with Crippen LogP contribution in [0.1, 0.15) is 20.8 Å². The summed E-state index contributed by atoms with van der Waals surface area (Å²) in [6.45, 7) is 6.66. The number of hydrogen-bond acceptors (Lipinski definition) is 6. The molecule has 90 valence electrons. The summed E-state index contributed by atoms with van der Waals surface area (Å²) in [4.78, 5) is 11.7. The summed E-state index contributed by atoms with van der Waals surface area (Å²) in [6.07, 6.45) is 0. The first-order chi connectivity index (χ1) is 7.49. The minimum atomic E-state index is -0.175. The van der Waals surface area contributed by atoms with E-state index in [2.05, 4.69) is 29.4 Å². The molecule has 0 unspecified atom stereocenters. The van der Waals surface area contributed by atoms with Gasteiger partial charge in [0.05, 0.1) is 5.25 Å². The van der Waals surface area contributed by atoms with Gasteiger partial charge in [0, 0.05) is 6.54 Å². The molecule has 0 spiro atoms. The molecule has 0 saturated carbocycles. The zero-order valence-electron chi connectivity index (χ0n) is 9.56. The van der Waals surface area contributed by atoms with Gasteiger partial charge in [-0.25, -0.2) is 0 Å². The molecule has 0 saturated heterocycles. The van der Waals surface area contributed by atoms with E-state index in [0.29, 0.717) is 17.6 Å². The van der Waals surface area contributed by atoms with Crippen molar-refractivity contribution in [3.8, 4) is 0 Å². The van der Waals surface area contributed by atoms with Gasteiger partial charge in [0.15, 0.2) is 4.34 Å². The number of carbonyl (C=O) groups is 1. The predicted molar refractivity (Wildman–Crippen MR) is 67.5 cm³/mol. The number of nitrogens with two attached hydrogens (primary N) is 1. The van der Waals surface area contributed by atoms with Crippen LogP contribution in [0.15, 0.2) is 4.34 Å². The van der Waals surface area contributed by atoms with Crippen molar-refractivity contribution in [3.63, 3.8) is 0 Å². The van der Waals surface area contributed by atoms with Crippen LogP contribution >= 0.6 is 23.1 Å². The van der Waals surface area contributed by atoms with Gasteiger partial charge in [-0.3, -0.25) is 4.79 Å². The van der Waals surface area contributed by atoms with Crippen molar-refractivity contribution in [2.75, 3.05) is 12.3 Å². The lowest BCUT2D eigenvalue weighted by Crippen LogP contribution is -2.33. The summed E-state index contributed by atoms with van der Waals surface area (Å²) in [5.41, 5.74) is 5.46. The summed E-state index contributed by atoms with van der Waals surface area (Å²) in [6, 6.07) is 0. The van der Waals surface area contributed by atoms with Gasteiger partial charge < -0.3 is 11.1 Å². The number of amides is 1. The quantitative estimate of drug-likeness (QED) is 0.782. The van der Waals surface area contributed by atoms with Crippen LogP contribution in [0.2, 0.25) is 0 Å². The summed E-state index contributed by atoms with van der Waals surface area (Å²) in [7, 11) is 0. The van der Waals surface area contributed by atoms with Crippen molar-refractivity contribution in [1.29, 1.82) is 0 Å². The summed E-state index contributed by atoms with van der Waals surface area (Å²) >= 11 is 2.67. The highest BCUT2D eigenvalue weighted by Gasteiger charge is 2.16. The Balaban J connectivity index is 2.39. The molecule has 1 atom stereocenters. The van der Waals surface area contributed by atoms with Gasteiger partial charge in [-0.2, -0.15) is 0 Å². The highest BCUT2D eigenvalue weighted by molar-refractivity contribution is 8.02. The highest BCUT2D eigenvalue weighted by atomic mass is 32.2. The number of nitrogens with zero attached hydrogens (tertiary/aromatic N) is 2. The van der Waals surface area contributed by atoms with E-state index in [-0.39, 0.29) is 11.2 Å². The lowest BCUT2D eigenvalue weighted by atomic mass is 10.2. The van der Waals surface area contributed by atoms with Crippen LogP contribution in [-0.4, -0.2) is 27.9 Å². The lowest BCUT2D eigenvalue weighted by Gasteiger charge is -2.11. The third-order valence-electron chi connectivity index (χ3n) is 1.75. The third kappa shape index (κ3) is 4.36. The zero-order chi connectivity index (χ0) is 12.1. The Hall–Kier alpha value is -0.820. The third-order valence-corrected chi connectivity index (χ3v) is 3.69. The second-order valence-electron chi connectivity index (χ2n) is 3.81. The van der Waals surface area contributed by atoms with E-state index >= 15 is 0 Å². The molecule has 0 aliphatic heterocycles. The maximum atomic E-state index is 11.7. The minimum absolute atomic E-state index is 0.0208. The van der Waals surface area contributed by atoms with Crippen LogP contribution in [-0.2, 0) is 4.79 Å². The first kappa shape index (κ1) is 13.2. The Bertz CT molecular complexity index is 353. The van der Waals surface area contributed by atoms with Gasteiger partial charge in [0.2, 0.25) is 11.0 Å². The molecule has 0 aliphatic rings. The first-order valence-corrected chi connectivity index (χ1v) is 6.72. The van der Waals surface area contributed by atoms with Crippen LogP contribution < -0.4 is 11.1 Å². The predicted octanol–water partition coefficient (Wildman–Crippen LogP) is 1.37. The molecular formula is C9H16N4OS2. The van der Waals surface area contributed by atoms with Gasteiger partial charge in [-0.15, -0.1) is 10.2 Å². The second-order valence-corrected chi connectivity index (χ2v) is 6.40. The molecule has 0 aromatic carbocycles. The van der Waals surface area contributed by atoms with Crippen LogP contribution in [0.4, 0.5) is 5.13 Å². The Morgan fingerprint density at radius 2 is 2.19 bits per heavy atom. The van der Waals surface area contributed by atoms with Crippen LogP contribution in [0.3, 0.4) is 0 Å². The average molecular weight is 260 g/mol. The first-order valence-electron chi connectivity index (χ1n) is 5.02. The molecule has 0 radical (unpaired) electrons. The van der Waals surface area contributed by atoms with Crippen molar-refractivity contribution in [2.45, 2.75) is 30.4 Å². The smallest absolute Gasteiger partial charge is 0.233 e. The Kier molecular flexibility index (Phi) is 5.01. The van der Waals surface area contributed by atoms with E-state index in [1.165, 1.54) is 23.1 Å². The van der Waals surface area contributed by atoms with Crippen LogP contribution in [0.5, 0.6) is 0 Å². The zero-order valence-corrected chi connectivity index (χ0v) is 11.2. The van der Waals surface area contributed by atoms with Gasteiger partial charge in [0.25, 0.3) is 0 Å². The molecule has 0 aliphatic carbocycles. The Morgan fingerprint density at radius 1 is 1.50 bits per heavy atom. The van der Waals surface area contributed by atoms with Crippen molar-refractivity contribution >= 4 is 34.1 Å². The molecule has 5 nitrogen and oxygen atoms in total. The fourth-order valence-electron chi connectivity index (χ4n) is 0.921. The number of nitrogens with one attached hydrogen (secondary N) is 1. The highest BCUT2D eigenvalue weighted by Crippen LogP contribution is 2.27. The molecule has 1 aromatic heterocycles. The van der Waals surface area contributed by atoms with Crippen molar-refractivity contribution < 1.29 is 4.79 Å². The Labute approximate surface area is 103 Å². The maximum absolute atomic E-state index is 11.7. The van der Waals surface area contributed by atoms with Crippen molar-refractivity contribution in [1.82, 2.24) is 15.5 Å². The second kappa shape index (κ2) is 6.05. The molecule has 1 amide bonds. The Morgan fingerprint density at radius 3 is 2.69 bits per heavy atom.